The van der Waals surface area contributed by atoms with Gasteiger partial charge < -0.3 is 4.98 Å². The lowest BCUT2D eigenvalue weighted by Gasteiger charge is -2.03. The molecule has 0 spiro atoms. The molecule has 0 saturated carbocycles. The fraction of sp³-hybridized carbons (Fsp3) is 0. The first-order valence-corrected chi connectivity index (χ1v) is 7.00. The zero-order chi connectivity index (χ0) is 16.7. The molecule has 0 aliphatic rings. The van der Waals surface area contributed by atoms with E-state index in [1.807, 2.05) is 24.3 Å². The first kappa shape index (κ1) is 13.9. The Hall–Kier alpha value is -3.75. The molecule has 0 atom stereocenters. The molecular weight excluding hydrogens is 312 g/mol. The van der Waals surface area contributed by atoms with E-state index in [2.05, 4.69) is 25.3 Å². The average Bonchev–Trinajstić information content (AvgIpc) is 2.96. The maximum atomic E-state index is 12.1. The molecule has 4 rings (SSSR count). The van der Waals surface area contributed by atoms with Gasteiger partial charge in [-0.05, 0) is 18.2 Å². The lowest BCUT2D eigenvalue weighted by atomic mass is 10.2. The number of non-ortho nitro benzene ring substituents is 1. The molecule has 0 amide bonds. The Balaban J connectivity index is 1.75. The number of nitrogens with one attached hydrogen (secondary N) is 3. The maximum absolute atomic E-state index is 12.1. The van der Waals surface area contributed by atoms with E-state index in [1.165, 1.54) is 18.2 Å². The summed E-state index contributed by atoms with van der Waals surface area (Å²) in [6.07, 6.45) is 0. The zero-order valence-corrected chi connectivity index (χ0v) is 12.1. The van der Waals surface area contributed by atoms with Gasteiger partial charge in [-0.3, -0.25) is 25.2 Å². The molecule has 0 aliphatic heterocycles. The number of hydrogen-bond acceptors (Lipinski definition) is 6. The molecule has 2 aromatic carbocycles. The predicted octanol–water partition coefficient (Wildman–Crippen LogP) is 2.45. The van der Waals surface area contributed by atoms with Gasteiger partial charge >= 0.3 is 0 Å². The molecule has 24 heavy (non-hydrogen) atoms. The van der Waals surface area contributed by atoms with Crippen molar-refractivity contribution >= 4 is 39.5 Å². The van der Waals surface area contributed by atoms with Gasteiger partial charge in [-0.2, -0.15) is 0 Å². The predicted molar refractivity (Wildman–Crippen MR) is 88.4 cm³/mol. The first-order chi connectivity index (χ1) is 11.6. The van der Waals surface area contributed by atoms with Crippen LogP contribution in [0.3, 0.4) is 0 Å². The van der Waals surface area contributed by atoms with Crippen LogP contribution < -0.4 is 10.9 Å². The Morgan fingerprint density at radius 3 is 2.54 bits per heavy atom. The summed E-state index contributed by atoms with van der Waals surface area (Å²) in [5.41, 5.74) is 1.34. The SMILES string of the molecule is O=c1[nH]c(Nc2nc3ccccc3[nH]2)nc2ccc([N+](=O)[O-])cc12. The molecule has 4 aromatic rings. The number of nitrogens with zero attached hydrogens (tertiary/aromatic N) is 3. The third-order valence-electron chi connectivity index (χ3n) is 3.53. The van der Waals surface area contributed by atoms with E-state index >= 15 is 0 Å². The smallest absolute Gasteiger partial charge is 0.270 e. The molecule has 2 aromatic heterocycles. The second kappa shape index (κ2) is 5.16. The van der Waals surface area contributed by atoms with Crippen LogP contribution in [-0.4, -0.2) is 24.9 Å². The number of imidazole rings is 1. The molecule has 118 valence electrons. The number of nitro benzene ring substituents is 1. The van der Waals surface area contributed by atoms with Gasteiger partial charge in [-0.25, -0.2) is 9.97 Å². The fourth-order valence-electron chi connectivity index (χ4n) is 2.42. The van der Waals surface area contributed by atoms with Crippen molar-refractivity contribution in [1.29, 1.82) is 0 Å². The third-order valence-corrected chi connectivity index (χ3v) is 3.53. The standard InChI is InChI=1S/C15H10N6O3/c22-13-9-7-8(21(23)24)5-6-10(9)16-15(19-13)20-14-17-11-3-1-2-4-12(11)18-14/h1-7H,(H3,16,17,18,19,20,22). The molecule has 0 aliphatic carbocycles. The van der Waals surface area contributed by atoms with Crippen LogP contribution in [0.2, 0.25) is 0 Å². The van der Waals surface area contributed by atoms with Gasteiger partial charge in [-0.1, -0.05) is 12.1 Å². The van der Waals surface area contributed by atoms with Crippen molar-refractivity contribution in [3.05, 3.63) is 62.9 Å². The number of benzene rings is 2. The molecule has 9 nitrogen and oxygen atoms in total. The highest BCUT2D eigenvalue weighted by atomic mass is 16.6. The summed E-state index contributed by atoms with van der Waals surface area (Å²) in [5, 5.41) is 13.8. The molecular formula is C15H10N6O3. The van der Waals surface area contributed by atoms with Crippen LogP contribution in [0, 0.1) is 10.1 Å². The van der Waals surface area contributed by atoms with E-state index in [1.54, 1.807) is 0 Å². The zero-order valence-electron chi connectivity index (χ0n) is 12.1. The molecule has 0 bridgehead atoms. The Labute approximate surface area is 133 Å². The lowest BCUT2D eigenvalue weighted by molar-refractivity contribution is -0.384. The van der Waals surface area contributed by atoms with Crippen LogP contribution in [-0.2, 0) is 0 Å². The summed E-state index contributed by atoms with van der Waals surface area (Å²) in [4.78, 5) is 36.6. The molecule has 9 heteroatoms. The number of anilines is 2. The highest BCUT2D eigenvalue weighted by molar-refractivity contribution is 5.82. The Morgan fingerprint density at radius 2 is 1.75 bits per heavy atom. The quantitative estimate of drug-likeness (QED) is 0.392. The van der Waals surface area contributed by atoms with Gasteiger partial charge in [0.1, 0.15) is 0 Å². The van der Waals surface area contributed by atoms with Crippen LogP contribution in [0.1, 0.15) is 0 Å². The van der Waals surface area contributed by atoms with Gasteiger partial charge in [0.05, 0.1) is 26.9 Å². The summed E-state index contributed by atoms with van der Waals surface area (Å²) in [6, 6.07) is 11.4. The minimum Gasteiger partial charge on any atom is -0.324 e. The van der Waals surface area contributed by atoms with E-state index in [0.717, 1.165) is 11.0 Å². The van der Waals surface area contributed by atoms with Crippen molar-refractivity contribution in [3.63, 3.8) is 0 Å². The topological polar surface area (TPSA) is 130 Å². The van der Waals surface area contributed by atoms with E-state index in [9.17, 15) is 14.9 Å². The highest BCUT2D eigenvalue weighted by Gasteiger charge is 2.11. The van der Waals surface area contributed by atoms with Gasteiger partial charge in [0.15, 0.2) is 0 Å². The summed E-state index contributed by atoms with van der Waals surface area (Å²) in [7, 11) is 0. The third kappa shape index (κ3) is 2.33. The number of aromatic nitrogens is 4. The molecule has 3 N–H and O–H groups in total. The molecule has 0 unspecified atom stereocenters. The largest absolute Gasteiger partial charge is 0.324 e. The second-order valence-electron chi connectivity index (χ2n) is 5.10. The Bertz CT molecular complexity index is 1110. The van der Waals surface area contributed by atoms with Crippen LogP contribution >= 0.6 is 0 Å². The van der Waals surface area contributed by atoms with E-state index in [0.29, 0.717) is 11.5 Å². The van der Waals surface area contributed by atoms with Crippen molar-refractivity contribution in [3.8, 4) is 0 Å². The molecule has 0 saturated heterocycles. The monoisotopic (exact) mass is 322 g/mol. The number of para-hydroxylation sites is 2. The van der Waals surface area contributed by atoms with Crippen molar-refractivity contribution in [2.24, 2.45) is 0 Å². The van der Waals surface area contributed by atoms with Crippen LogP contribution in [0.25, 0.3) is 21.9 Å². The highest BCUT2D eigenvalue weighted by Crippen LogP contribution is 2.19. The Morgan fingerprint density at radius 1 is 1.00 bits per heavy atom. The van der Waals surface area contributed by atoms with Crippen LogP contribution in [0.4, 0.5) is 17.6 Å². The lowest BCUT2D eigenvalue weighted by Crippen LogP contribution is -2.11. The normalized spacial score (nSPS) is 11.0. The van der Waals surface area contributed by atoms with Crippen molar-refractivity contribution in [1.82, 2.24) is 19.9 Å². The maximum Gasteiger partial charge on any atom is 0.270 e. The average molecular weight is 322 g/mol. The van der Waals surface area contributed by atoms with Gasteiger partial charge in [-0.15, -0.1) is 0 Å². The van der Waals surface area contributed by atoms with Gasteiger partial charge in [0, 0.05) is 12.1 Å². The summed E-state index contributed by atoms with van der Waals surface area (Å²) < 4.78 is 0. The van der Waals surface area contributed by atoms with Gasteiger partial charge in [0.25, 0.3) is 11.2 Å². The van der Waals surface area contributed by atoms with Crippen LogP contribution in [0.15, 0.2) is 47.3 Å². The fourth-order valence-corrected chi connectivity index (χ4v) is 2.42. The summed E-state index contributed by atoms with van der Waals surface area (Å²) in [5.74, 6) is 0.626. The molecule has 0 fully saturated rings. The Kier molecular flexibility index (Phi) is 2.98. The summed E-state index contributed by atoms with van der Waals surface area (Å²) >= 11 is 0. The minimum absolute atomic E-state index is 0.152. The number of fused-ring (bicyclic) bond motifs is 2. The van der Waals surface area contributed by atoms with Crippen LogP contribution in [0.5, 0.6) is 0 Å². The van der Waals surface area contributed by atoms with E-state index in [-0.39, 0.29) is 17.0 Å². The number of H-pyrrole nitrogens is 2. The number of nitro groups is 1. The summed E-state index contributed by atoms with van der Waals surface area (Å²) in [6.45, 7) is 0. The molecule has 2 heterocycles. The first-order valence-electron chi connectivity index (χ1n) is 7.00. The number of hydrogen-bond donors (Lipinski definition) is 3. The van der Waals surface area contributed by atoms with Crippen molar-refractivity contribution in [2.45, 2.75) is 0 Å². The second-order valence-corrected chi connectivity index (χ2v) is 5.10. The molecule has 0 radical (unpaired) electrons. The van der Waals surface area contributed by atoms with Crippen molar-refractivity contribution < 1.29 is 4.92 Å². The number of rotatable bonds is 3. The van der Waals surface area contributed by atoms with E-state index in [4.69, 9.17) is 0 Å². The number of aromatic amines is 2. The minimum atomic E-state index is -0.556. The van der Waals surface area contributed by atoms with E-state index < -0.39 is 10.5 Å². The van der Waals surface area contributed by atoms with Gasteiger partial charge in [0.2, 0.25) is 11.9 Å². The van der Waals surface area contributed by atoms with Crippen molar-refractivity contribution in [2.75, 3.05) is 5.32 Å².